The van der Waals surface area contributed by atoms with Crippen molar-refractivity contribution in [3.63, 3.8) is 0 Å². The lowest BCUT2D eigenvalue weighted by molar-refractivity contribution is 0.160. The second kappa shape index (κ2) is 5.25. The highest BCUT2D eigenvalue weighted by Gasteiger charge is 2.27. The van der Waals surface area contributed by atoms with Gasteiger partial charge < -0.3 is 4.74 Å². The van der Waals surface area contributed by atoms with Crippen LogP contribution in [0.25, 0.3) is 0 Å². The van der Waals surface area contributed by atoms with E-state index in [1.54, 1.807) is 0 Å². The van der Waals surface area contributed by atoms with Crippen molar-refractivity contribution in [3.05, 3.63) is 5.01 Å². The molecule has 0 aromatic carbocycles. The second-order valence-electron chi connectivity index (χ2n) is 3.83. The highest BCUT2D eigenvalue weighted by Crippen LogP contribution is 2.41. The SMILES string of the molecule is CCCCOC(=O)Nc1nnc(C2CC2)s1. The van der Waals surface area contributed by atoms with E-state index in [2.05, 4.69) is 15.5 Å². The van der Waals surface area contributed by atoms with Crippen molar-refractivity contribution in [3.8, 4) is 0 Å². The summed E-state index contributed by atoms with van der Waals surface area (Å²) < 4.78 is 4.96. The lowest BCUT2D eigenvalue weighted by Crippen LogP contribution is -2.14. The Hall–Kier alpha value is -1.17. The first-order valence-electron chi connectivity index (χ1n) is 5.56. The monoisotopic (exact) mass is 241 g/mol. The molecule has 1 heterocycles. The summed E-state index contributed by atoms with van der Waals surface area (Å²) in [5, 5.41) is 12.1. The van der Waals surface area contributed by atoms with Gasteiger partial charge in [-0.15, -0.1) is 10.2 Å². The summed E-state index contributed by atoms with van der Waals surface area (Å²) in [7, 11) is 0. The molecule has 1 saturated carbocycles. The highest BCUT2D eigenvalue weighted by molar-refractivity contribution is 7.15. The number of carbonyl (C=O) groups is 1. The molecule has 1 fully saturated rings. The number of hydrogen-bond donors (Lipinski definition) is 1. The van der Waals surface area contributed by atoms with Crippen molar-refractivity contribution in [2.75, 3.05) is 11.9 Å². The lowest BCUT2D eigenvalue weighted by Gasteiger charge is -2.02. The number of unbranched alkanes of at least 4 members (excludes halogenated alkanes) is 1. The van der Waals surface area contributed by atoms with Crippen molar-refractivity contribution in [2.45, 2.75) is 38.5 Å². The summed E-state index contributed by atoms with van der Waals surface area (Å²) in [4.78, 5) is 11.3. The van der Waals surface area contributed by atoms with Gasteiger partial charge in [0.1, 0.15) is 5.01 Å². The molecule has 0 radical (unpaired) electrons. The molecule has 0 spiro atoms. The van der Waals surface area contributed by atoms with E-state index in [9.17, 15) is 4.79 Å². The first kappa shape index (κ1) is 11.3. The molecule has 1 N–H and O–H groups in total. The third-order valence-corrected chi connectivity index (χ3v) is 3.31. The van der Waals surface area contributed by atoms with Crippen LogP contribution >= 0.6 is 11.3 Å². The molecule has 0 unspecified atom stereocenters. The van der Waals surface area contributed by atoms with Crippen LogP contribution in [-0.4, -0.2) is 22.9 Å². The van der Waals surface area contributed by atoms with E-state index in [1.165, 1.54) is 24.2 Å². The Morgan fingerprint density at radius 1 is 1.56 bits per heavy atom. The number of nitrogens with one attached hydrogen (secondary N) is 1. The van der Waals surface area contributed by atoms with Crippen LogP contribution in [0.15, 0.2) is 0 Å². The van der Waals surface area contributed by atoms with Crippen molar-refractivity contribution in [2.24, 2.45) is 0 Å². The molecule has 5 nitrogen and oxygen atoms in total. The molecule has 88 valence electrons. The summed E-state index contributed by atoms with van der Waals surface area (Å²) in [6.45, 7) is 2.50. The van der Waals surface area contributed by atoms with Gasteiger partial charge >= 0.3 is 6.09 Å². The normalized spacial score (nSPS) is 14.8. The Kier molecular flexibility index (Phi) is 3.71. The molecule has 1 aromatic heterocycles. The fraction of sp³-hybridized carbons (Fsp3) is 0.700. The van der Waals surface area contributed by atoms with Gasteiger partial charge in [-0.1, -0.05) is 24.7 Å². The van der Waals surface area contributed by atoms with Crippen LogP contribution in [0.4, 0.5) is 9.93 Å². The average Bonchev–Trinajstić information content (AvgIpc) is 3.01. The number of anilines is 1. The van der Waals surface area contributed by atoms with E-state index < -0.39 is 6.09 Å². The Labute approximate surface area is 98.2 Å². The standard InChI is InChI=1S/C10H15N3O2S/c1-2-3-6-15-10(14)11-9-13-12-8(16-9)7-4-5-7/h7H,2-6H2,1H3,(H,11,13,14). The van der Waals surface area contributed by atoms with E-state index >= 15 is 0 Å². The number of rotatable bonds is 5. The maximum absolute atomic E-state index is 11.3. The molecule has 0 saturated heterocycles. The zero-order valence-corrected chi connectivity index (χ0v) is 10.0. The molecule has 0 atom stereocenters. The van der Waals surface area contributed by atoms with Gasteiger partial charge in [-0.2, -0.15) is 0 Å². The average molecular weight is 241 g/mol. The quantitative estimate of drug-likeness (QED) is 0.805. The molecule has 0 aliphatic heterocycles. The van der Waals surface area contributed by atoms with Gasteiger partial charge in [-0.3, -0.25) is 5.32 Å². The van der Waals surface area contributed by atoms with Gasteiger partial charge in [0.15, 0.2) is 0 Å². The summed E-state index contributed by atoms with van der Waals surface area (Å²) in [6.07, 6.45) is 3.84. The van der Waals surface area contributed by atoms with Gasteiger partial charge in [-0.05, 0) is 19.3 Å². The fourth-order valence-electron chi connectivity index (χ4n) is 1.21. The van der Waals surface area contributed by atoms with Gasteiger partial charge in [0.25, 0.3) is 0 Å². The minimum atomic E-state index is -0.438. The molecular weight excluding hydrogens is 226 g/mol. The molecule has 6 heteroatoms. The number of amides is 1. The molecule has 16 heavy (non-hydrogen) atoms. The van der Waals surface area contributed by atoms with Crippen LogP contribution < -0.4 is 5.32 Å². The zero-order valence-electron chi connectivity index (χ0n) is 9.23. The van der Waals surface area contributed by atoms with Crippen LogP contribution in [0, 0.1) is 0 Å². The third-order valence-electron chi connectivity index (χ3n) is 2.31. The molecular formula is C10H15N3O2S. The largest absolute Gasteiger partial charge is 0.449 e. The minimum absolute atomic E-state index is 0.438. The Morgan fingerprint density at radius 2 is 2.38 bits per heavy atom. The van der Waals surface area contributed by atoms with Gasteiger partial charge in [-0.25, -0.2) is 4.79 Å². The summed E-state index contributed by atoms with van der Waals surface area (Å²) in [5.41, 5.74) is 0. The van der Waals surface area contributed by atoms with Crippen LogP contribution in [0.1, 0.15) is 43.5 Å². The van der Waals surface area contributed by atoms with Gasteiger partial charge in [0, 0.05) is 5.92 Å². The number of hydrogen-bond acceptors (Lipinski definition) is 5. The second-order valence-corrected chi connectivity index (χ2v) is 4.84. The zero-order chi connectivity index (χ0) is 11.4. The van der Waals surface area contributed by atoms with Crippen molar-refractivity contribution >= 4 is 22.6 Å². The van der Waals surface area contributed by atoms with E-state index in [1.807, 2.05) is 6.92 Å². The summed E-state index contributed by atoms with van der Waals surface area (Å²) in [5.74, 6) is 0.573. The summed E-state index contributed by atoms with van der Waals surface area (Å²) >= 11 is 1.44. The van der Waals surface area contributed by atoms with Crippen LogP contribution in [-0.2, 0) is 4.74 Å². The topological polar surface area (TPSA) is 64.1 Å². The van der Waals surface area contributed by atoms with Crippen molar-refractivity contribution in [1.29, 1.82) is 0 Å². The van der Waals surface area contributed by atoms with Crippen LogP contribution in [0.2, 0.25) is 0 Å². The first-order valence-corrected chi connectivity index (χ1v) is 6.38. The predicted octanol–water partition coefficient (Wildman–Crippen LogP) is 2.76. The number of aromatic nitrogens is 2. The number of ether oxygens (including phenoxy) is 1. The lowest BCUT2D eigenvalue weighted by atomic mass is 10.4. The smallest absolute Gasteiger partial charge is 0.413 e. The van der Waals surface area contributed by atoms with Crippen molar-refractivity contribution < 1.29 is 9.53 Å². The maximum Gasteiger partial charge on any atom is 0.413 e. The van der Waals surface area contributed by atoms with E-state index in [-0.39, 0.29) is 0 Å². The number of nitrogens with zero attached hydrogens (tertiary/aromatic N) is 2. The van der Waals surface area contributed by atoms with E-state index in [4.69, 9.17) is 4.74 Å². The fourth-order valence-corrected chi connectivity index (χ4v) is 2.11. The predicted molar refractivity (Wildman–Crippen MR) is 61.8 cm³/mol. The Bertz CT molecular complexity index is 363. The molecule has 1 aliphatic rings. The number of carbonyl (C=O) groups excluding carboxylic acids is 1. The van der Waals surface area contributed by atoms with Gasteiger partial charge in [0.2, 0.25) is 5.13 Å². The molecule has 2 rings (SSSR count). The highest BCUT2D eigenvalue weighted by atomic mass is 32.1. The minimum Gasteiger partial charge on any atom is -0.449 e. The first-order chi connectivity index (χ1) is 7.79. The molecule has 1 amide bonds. The third kappa shape index (κ3) is 3.16. The van der Waals surface area contributed by atoms with Crippen LogP contribution in [0.5, 0.6) is 0 Å². The maximum atomic E-state index is 11.3. The Morgan fingerprint density at radius 3 is 3.06 bits per heavy atom. The Balaban J connectivity index is 1.76. The van der Waals surface area contributed by atoms with E-state index in [0.717, 1.165) is 17.8 Å². The summed E-state index contributed by atoms with van der Waals surface area (Å²) in [6, 6.07) is 0. The van der Waals surface area contributed by atoms with E-state index in [0.29, 0.717) is 17.7 Å². The van der Waals surface area contributed by atoms with Gasteiger partial charge in [0.05, 0.1) is 6.61 Å². The molecule has 0 bridgehead atoms. The molecule has 1 aromatic rings. The van der Waals surface area contributed by atoms with Crippen molar-refractivity contribution in [1.82, 2.24) is 10.2 Å². The molecule has 1 aliphatic carbocycles. The van der Waals surface area contributed by atoms with Crippen LogP contribution in [0.3, 0.4) is 0 Å².